The molecule has 0 saturated carbocycles. The van der Waals surface area contributed by atoms with Crippen LogP contribution in [0.1, 0.15) is 21.5 Å². The van der Waals surface area contributed by atoms with Gasteiger partial charge in [-0.05, 0) is 59.7 Å². The monoisotopic (exact) mass is 418 g/mol. The number of methoxy groups -OCH3 is 1. The van der Waals surface area contributed by atoms with Gasteiger partial charge >= 0.3 is 5.97 Å². The lowest BCUT2D eigenvalue weighted by Gasteiger charge is -2.03. The number of esters is 1. The Kier molecular flexibility index (Phi) is 7.26. The largest absolute Gasteiger partial charge is 0.497 e. The number of rotatable bonds is 7. The van der Waals surface area contributed by atoms with Gasteiger partial charge in [0.05, 0.1) is 13.3 Å². The van der Waals surface area contributed by atoms with Gasteiger partial charge in [-0.3, -0.25) is 4.79 Å². The van der Waals surface area contributed by atoms with Crippen LogP contribution in [0.25, 0.3) is 6.08 Å². The summed E-state index contributed by atoms with van der Waals surface area (Å²) < 4.78 is 23.6. The summed E-state index contributed by atoms with van der Waals surface area (Å²) in [7, 11) is 1.58. The molecule has 0 aliphatic rings. The number of hydrazone groups is 1. The fraction of sp³-hybridized carbons (Fsp3) is 0.0417. The number of amides is 1. The third-order valence-corrected chi connectivity index (χ3v) is 4.07. The first-order valence-electron chi connectivity index (χ1n) is 9.26. The second kappa shape index (κ2) is 10.5. The van der Waals surface area contributed by atoms with E-state index in [1.807, 2.05) is 12.1 Å². The second-order valence-corrected chi connectivity index (χ2v) is 6.31. The van der Waals surface area contributed by atoms with E-state index in [0.29, 0.717) is 11.3 Å². The van der Waals surface area contributed by atoms with Crippen LogP contribution in [0, 0.1) is 5.82 Å². The maximum Gasteiger partial charge on any atom is 0.336 e. The van der Waals surface area contributed by atoms with Crippen molar-refractivity contribution in [1.82, 2.24) is 5.43 Å². The number of ether oxygens (including phenoxy) is 2. The third kappa shape index (κ3) is 6.64. The Morgan fingerprint density at radius 2 is 1.71 bits per heavy atom. The van der Waals surface area contributed by atoms with Gasteiger partial charge in [0.1, 0.15) is 17.3 Å². The molecule has 6 nitrogen and oxygen atoms in total. The Labute approximate surface area is 178 Å². The second-order valence-electron chi connectivity index (χ2n) is 6.31. The minimum atomic E-state index is -0.540. The van der Waals surface area contributed by atoms with E-state index in [9.17, 15) is 14.0 Å². The van der Waals surface area contributed by atoms with Crippen molar-refractivity contribution >= 4 is 24.2 Å². The number of nitrogens with one attached hydrogen (secondary N) is 1. The molecule has 3 rings (SSSR count). The van der Waals surface area contributed by atoms with Gasteiger partial charge in [0, 0.05) is 11.6 Å². The summed E-state index contributed by atoms with van der Waals surface area (Å²) in [5.41, 5.74) is 3.90. The van der Waals surface area contributed by atoms with E-state index in [0.717, 1.165) is 17.4 Å². The van der Waals surface area contributed by atoms with E-state index in [2.05, 4.69) is 10.5 Å². The number of carbonyl (C=O) groups excluding carboxylic acids is 2. The summed E-state index contributed by atoms with van der Waals surface area (Å²) >= 11 is 0. The molecule has 1 amide bonds. The van der Waals surface area contributed by atoms with Gasteiger partial charge < -0.3 is 9.47 Å². The maximum absolute atomic E-state index is 13.2. The first-order chi connectivity index (χ1) is 15.0. The first kappa shape index (κ1) is 21.4. The van der Waals surface area contributed by atoms with Crippen molar-refractivity contribution in [3.63, 3.8) is 0 Å². The molecule has 0 saturated heterocycles. The Hall–Kier alpha value is -4.26. The molecule has 0 unspecified atom stereocenters. The third-order valence-electron chi connectivity index (χ3n) is 4.07. The SMILES string of the molecule is COc1ccc(/C=C/C(=O)Oc2cccc(/C=N/NC(=O)c3cccc(F)c3)c2)cc1. The van der Waals surface area contributed by atoms with E-state index in [-0.39, 0.29) is 5.56 Å². The molecule has 0 heterocycles. The highest BCUT2D eigenvalue weighted by Crippen LogP contribution is 2.14. The van der Waals surface area contributed by atoms with Crippen molar-refractivity contribution < 1.29 is 23.5 Å². The number of halogens is 1. The topological polar surface area (TPSA) is 77.0 Å². The van der Waals surface area contributed by atoms with Crippen LogP contribution in [0.3, 0.4) is 0 Å². The number of hydrogen-bond acceptors (Lipinski definition) is 5. The van der Waals surface area contributed by atoms with Crippen molar-refractivity contribution in [3.8, 4) is 11.5 Å². The number of benzene rings is 3. The van der Waals surface area contributed by atoms with Crippen LogP contribution in [0.2, 0.25) is 0 Å². The molecule has 0 aliphatic heterocycles. The lowest BCUT2D eigenvalue weighted by molar-refractivity contribution is -0.128. The zero-order chi connectivity index (χ0) is 22.1. The van der Waals surface area contributed by atoms with Gasteiger partial charge in [0.2, 0.25) is 0 Å². The average molecular weight is 418 g/mol. The van der Waals surface area contributed by atoms with Gasteiger partial charge in [-0.2, -0.15) is 5.10 Å². The van der Waals surface area contributed by atoms with Crippen LogP contribution in [0.15, 0.2) is 84.0 Å². The van der Waals surface area contributed by atoms with Gasteiger partial charge in [-0.1, -0.05) is 30.3 Å². The Morgan fingerprint density at radius 3 is 2.45 bits per heavy atom. The van der Waals surface area contributed by atoms with E-state index in [4.69, 9.17) is 9.47 Å². The van der Waals surface area contributed by atoms with Crippen LogP contribution in [-0.4, -0.2) is 25.2 Å². The molecule has 156 valence electrons. The molecule has 1 N–H and O–H groups in total. The van der Waals surface area contributed by atoms with E-state index in [1.54, 1.807) is 49.6 Å². The lowest BCUT2D eigenvalue weighted by Crippen LogP contribution is -2.17. The van der Waals surface area contributed by atoms with Crippen LogP contribution >= 0.6 is 0 Å². The van der Waals surface area contributed by atoms with E-state index in [1.165, 1.54) is 30.5 Å². The lowest BCUT2D eigenvalue weighted by atomic mass is 10.2. The van der Waals surface area contributed by atoms with E-state index < -0.39 is 17.7 Å². The van der Waals surface area contributed by atoms with Gasteiger partial charge in [0.15, 0.2) is 0 Å². The maximum atomic E-state index is 13.2. The number of carbonyl (C=O) groups is 2. The first-order valence-corrected chi connectivity index (χ1v) is 9.26. The molecule has 3 aromatic rings. The molecular formula is C24H19FN2O4. The van der Waals surface area contributed by atoms with Crippen molar-refractivity contribution in [3.05, 3.63) is 101 Å². The Morgan fingerprint density at radius 1 is 0.935 bits per heavy atom. The van der Waals surface area contributed by atoms with Crippen molar-refractivity contribution in [2.75, 3.05) is 7.11 Å². The molecule has 0 bridgehead atoms. The number of nitrogens with zero attached hydrogens (tertiary/aromatic N) is 1. The molecule has 0 radical (unpaired) electrons. The standard InChI is InChI=1S/C24H19FN2O4/c1-30-21-11-8-17(9-12-21)10-13-23(28)31-22-7-2-4-18(14-22)16-26-27-24(29)19-5-3-6-20(25)15-19/h2-16H,1H3,(H,27,29)/b13-10+,26-16+. The van der Waals surface area contributed by atoms with Crippen LogP contribution in [0.5, 0.6) is 11.5 Å². The van der Waals surface area contributed by atoms with Crippen LogP contribution in [-0.2, 0) is 4.79 Å². The highest BCUT2D eigenvalue weighted by atomic mass is 19.1. The number of hydrogen-bond donors (Lipinski definition) is 1. The van der Waals surface area contributed by atoms with Crippen LogP contribution in [0.4, 0.5) is 4.39 Å². The summed E-state index contributed by atoms with van der Waals surface area (Å²) in [4.78, 5) is 24.0. The predicted octanol–water partition coefficient (Wildman–Crippen LogP) is 4.22. The molecule has 0 aromatic heterocycles. The Bertz CT molecular complexity index is 1120. The highest BCUT2D eigenvalue weighted by Gasteiger charge is 2.05. The fourth-order valence-corrected chi connectivity index (χ4v) is 2.55. The molecule has 0 atom stereocenters. The zero-order valence-electron chi connectivity index (χ0n) is 16.6. The molecule has 3 aromatic carbocycles. The molecule has 31 heavy (non-hydrogen) atoms. The highest BCUT2D eigenvalue weighted by molar-refractivity contribution is 5.95. The molecule has 7 heteroatoms. The minimum absolute atomic E-state index is 0.156. The van der Waals surface area contributed by atoms with E-state index >= 15 is 0 Å². The molecule has 0 aliphatic carbocycles. The van der Waals surface area contributed by atoms with Gasteiger partial charge in [-0.25, -0.2) is 14.6 Å². The summed E-state index contributed by atoms with van der Waals surface area (Å²) in [5.74, 6) is -0.534. The predicted molar refractivity (Wildman–Crippen MR) is 116 cm³/mol. The summed E-state index contributed by atoms with van der Waals surface area (Å²) in [5, 5.41) is 3.85. The van der Waals surface area contributed by atoms with Gasteiger partial charge in [-0.15, -0.1) is 0 Å². The Balaban J connectivity index is 1.56. The smallest absolute Gasteiger partial charge is 0.336 e. The van der Waals surface area contributed by atoms with Crippen molar-refractivity contribution in [1.29, 1.82) is 0 Å². The zero-order valence-corrected chi connectivity index (χ0v) is 16.6. The minimum Gasteiger partial charge on any atom is -0.497 e. The van der Waals surface area contributed by atoms with Crippen molar-refractivity contribution in [2.45, 2.75) is 0 Å². The molecule has 0 fully saturated rings. The summed E-state index contributed by atoms with van der Waals surface area (Å²) in [6.07, 6.45) is 4.35. The van der Waals surface area contributed by atoms with Crippen molar-refractivity contribution in [2.24, 2.45) is 5.10 Å². The fourth-order valence-electron chi connectivity index (χ4n) is 2.55. The van der Waals surface area contributed by atoms with Crippen LogP contribution < -0.4 is 14.9 Å². The molecular weight excluding hydrogens is 399 g/mol. The normalized spacial score (nSPS) is 10.9. The summed E-state index contributed by atoms with van der Waals surface area (Å²) in [6.45, 7) is 0. The van der Waals surface area contributed by atoms with Gasteiger partial charge in [0.25, 0.3) is 5.91 Å². The molecule has 0 spiro atoms. The quantitative estimate of drug-likeness (QED) is 0.205. The summed E-state index contributed by atoms with van der Waals surface area (Å²) in [6, 6.07) is 19.1. The average Bonchev–Trinajstić information content (AvgIpc) is 2.78.